The van der Waals surface area contributed by atoms with E-state index < -0.39 is 49.6 Å². The van der Waals surface area contributed by atoms with Crippen molar-refractivity contribution in [1.82, 2.24) is 19.6 Å². The predicted octanol–water partition coefficient (Wildman–Crippen LogP) is 2.37. The van der Waals surface area contributed by atoms with Gasteiger partial charge in [-0.05, 0) is 26.3 Å². The number of nitrogen functional groups attached to an aromatic ring is 1. The molecule has 4 rings (SSSR count). The van der Waals surface area contributed by atoms with E-state index >= 15 is 0 Å². The number of fused-ring (bicyclic) bond motifs is 1. The van der Waals surface area contributed by atoms with Crippen molar-refractivity contribution in [3.05, 3.63) is 54.2 Å². The fraction of sp³-hybridized carbons (Fsp3) is 0.500. The van der Waals surface area contributed by atoms with Crippen molar-refractivity contribution in [2.75, 3.05) is 31.3 Å². The van der Waals surface area contributed by atoms with Gasteiger partial charge in [-0.25, -0.2) is 24.0 Å². The number of nitrogens with zero attached hydrogens (tertiary/aromatic N) is 3. The van der Waals surface area contributed by atoms with Crippen LogP contribution in [0.5, 0.6) is 0 Å². The molecule has 16 heteroatoms. The molecule has 1 aromatic carbocycles. The van der Waals surface area contributed by atoms with Crippen LogP contribution in [0.1, 0.15) is 32.6 Å². The molecule has 2 aromatic heterocycles. The Kier molecular flexibility index (Phi) is 10.1. The van der Waals surface area contributed by atoms with Crippen LogP contribution in [0.4, 0.5) is 10.2 Å². The van der Waals surface area contributed by atoms with Crippen LogP contribution in [0.3, 0.4) is 0 Å². The highest BCUT2D eigenvalue weighted by Gasteiger charge is 2.54. The van der Waals surface area contributed by atoms with Crippen molar-refractivity contribution in [1.29, 1.82) is 0 Å². The highest BCUT2D eigenvalue weighted by molar-refractivity contribution is 8.13. The zero-order chi connectivity index (χ0) is 30.7. The monoisotopic (exact) mass is 627 g/mol. The summed E-state index contributed by atoms with van der Waals surface area (Å²) in [6.45, 7) is 3.71. The average molecular weight is 628 g/mol. The first-order chi connectivity index (χ1) is 19.8. The van der Waals surface area contributed by atoms with E-state index in [1.54, 1.807) is 13.8 Å². The second-order valence-corrected chi connectivity index (χ2v) is 13.6. The summed E-state index contributed by atoms with van der Waals surface area (Å²) < 4.78 is 46.7. The number of hydrogen-bond donors (Lipinski definition) is 5. The Balaban J connectivity index is 1.46. The van der Waals surface area contributed by atoms with Gasteiger partial charge in [0.15, 0.2) is 22.8 Å². The molecule has 3 heterocycles. The SMILES string of the molecule is CC(C)(CO)C(=O)SCCOP(=O)(NCc1ccccc1)OC[C@H]1O[C@@H](n2cc(F)c3c(N)ncnc32)[C@](C)(O)[C@@H]1O. The second-order valence-electron chi connectivity index (χ2n) is 10.7. The van der Waals surface area contributed by atoms with E-state index in [1.165, 1.54) is 11.5 Å². The molecule has 0 bridgehead atoms. The number of aliphatic hydroxyl groups excluding tert-OH is 2. The summed E-state index contributed by atoms with van der Waals surface area (Å²) in [5, 5.41) is 33.9. The van der Waals surface area contributed by atoms with E-state index in [0.29, 0.717) is 0 Å². The van der Waals surface area contributed by atoms with Crippen molar-refractivity contribution in [2.24, 2.45) is 5.41 Å². The van der Waals surface area contributed by atoms with Crippen LogP contribution >= 0.6 is 19.5 Å². The Morgan fingerprint density at radius 2 is 2.02 bits per heavy atom. The molecular formula is C26H35FN5O8PS. The number of ether oxygens (including phenoxy) is 1. The van der Waals surface area contributed by atoms with E-state index in [2.05, 4.69) is 15.1 Å². The summed E-state index contributed by atoms with van der Waals surface area (Å²) in [5.74, 6) is -0.700. The topological polar surface area (TPSA) is 191 Å². The summed E-state index contributed by atoms with van der Waals surface area (Å²) in [6, 6.07) is 9.08. The molecule has 0 radical (unpaired) electrons. The third-order valence-electron chi connectivity index (χ3n) is 6.85. The third-order valence-corrected chi connectivity index (χ3v) is 9.60. The number of anilines is 1. The molecule has 0 saturated carbocycles. The van der Waals surface area contributed by atoms with Gasteiger partial charge in [0.2, 0.25) is 0 Å². The van der Waals surface area contributed by atoms with Crippen LogP contribution < -0.4 is 10.8 Å². The van der Waals surface area contributed by atoms with E-state index in [0.717, 1.165) is 29.8 Å². The van der Waals surface area contributed by atoms with Gasteiger partial charge in [-0.3, -0.25) is 18.4 Å². The first-order valence-corrected chi connectivity index (χ1v) is 15.6. The second kappa shape index (κ2) is 13.0. The number of carbonyl (C=O) groups excluding carboxylic acids is 1. The fourth-order valence-corrected chi connectivity index (χ4v) is 6.49. The third kappa shape index (κ3) is 7.01. The number of nitrogens with one attached hydrogen (secondary N) is 1. The molecular weight excluding hydrogens is 592 g/mol. The van der Waals surface area contributed by atoms with Crippen molar-refractivity contribution in [3.8, 4) is 0 Å². The van der Waals surface area contributed by atoms with Crippen molar-refractivity contribution < 1.29 is 42.9 Å². The number of aromatic nitrogens is 3. The van der Waals surface area contributed by atoms with Crippen LogP contribution in [0, 0.1) is 11.2 Å². The molecule has 0 spiro atoms. The minimum absolute atomic E-state index is 0.0500. The smallest absolute Gasteiger partial charge is 0.395 e. The van der Waals surface area contributed by atoms with E-state index in [9.17, 15) is 29.1 Å². The molecule has 6 N–H and O–H groups in total. The molecule has 1 aliphatic heterocycles. The zero-order valence-corrected chi connectivity index (χ0v) is 25.1. The average Bonchev–Trinajstić information content (AvgIpc) is 3.42. The van der Waals surface area contributed by atoms with Gasteiger partial charge < -0.3 is 25.8 Å². The van der Waals surface area contributed by atoms with Crippen molar-refractivity contribution in [2.45, 2.75) is 51.4 Å². The fourth-order valence-electron chi connectivity index (χ4n) is 4.25. The molecule has 5 atom stereocenters. The van der Waals surface area contributed by atoms with Crippen molar-refractivity contribution in [3.63, 3.8) is 0 Å². The Hall–Kier alpha value is -2.46. The van der Waals surface area contributed by atoms with Crippen molar-refractivity contribution >= 4 is 41.5 Å². The maximum atomic E-state index is 14.7. The Labute approximate surface area is 246 Å². The van der Waals surface area contributed by atoms with E-state index in [-0.39, 0.29) is 47.5 Å². The lowest BCUT2D eigenvalue weighted by molar-refractivity contribution is -0.119. The number of nitrogens with two attached hydrogens (primary N) is 1. The summed E-state index contributed by atoms with van der Waals surface area (Å²) in [5.41, 5.74) is 3.76. The van der Waals surface area contributed by atoms with Gasteiger partial charge in [-0.15, -0.1) is 0 Å². The largest absolute Gasteiger partial charge is 0.405 e. The Bertz CT molecular complexity index is 1440. The minimum atomic E-state index is -4.05. The van der Waals surface area contributed by atoms with Crippen LogP contribution in [-0.2, 0) is 29.7 Å². The standard InChI is InChI=1S/C26H35FN5O8PS/c1-25(2,14-33)24(35)42-10-9-38-41(37,31-11-16-7-5-4-6-8-16)39-13-18-20(34)26(3,36)23(40-18)32-12-17(27)19-21(28)29-15-30-22(19)32/h4-8,12,15,18,20,23,33-34,36H,9-11,13-14H2,1-3H3,(H,31,37)(H2,28,29,30)/t18-,20-,23-,26-,41?/m1/s1. The number of rotatable bonds is 13. The normalized spacial score (nSPS) is 24.2. The number of hydrogen-bond acceptors (Lipinski definition) is 12. The Morgan fingerprint density at radius 1 is 1.31 bits per heavy atom. The molecule has 0 amide bonds. The number of carbonyl (C=O) groups is 1. The molecule has 3 aromatic rings. The molecule has 13 nitrogen and oxygen atoms in total. The van der Waals surface area contributed by atoms with Crippen LogP contribution in [0.15, 0.2) is 42.9 Å². The van der Waals surface area contributed by atoms with Crippen LogP contribution in [-0.4, -0.2) is 78.4 Å². The molecule has 230 valence electrons. The molecule has 1 fully saturated rings. The van der Waals surface area contributed by atoms with Crippen LogP contribution in [0.2, 0.25) is 0 Å². The first kappa shape index (κ1) is 32.5. The lowest BCUT2D eigenvalue weighted by atomic mass is 9.96. The maximum absolute atomic E-state index is 14.7. The van der Waals surface area contributed by atoms with Gasteiger partial charge in [0.25, 0.3) is 0 Å². The minimum Gasteiger partial charge on any atom is -0.395 e. The summed E-state index contributed by atoms with van der Waals surface area (Å²) in [6.07, 6.45) is -1.88. The lowest BCUT2D eigenvalue weighted by Crippen LogP contribution is -2.44. The first-order valence-electron chi connectivity index (χ1n) is 13.1. The van der Waals surface area contributed by atoms with Gasteiger partial charge >= 0.3 is 7.75 Å². The molecule has 0 aliphatic carbocycles. The number of halogens is 1. The molecule has 1 saturated heterocycles. The predicted molar refractivity (Wildman–Crippen MR) is 154 cm³/mol. The van der Waals surface area contributed by atoms with Gasteiger partial charge in [0.05, 0.1) is 30.6 Å². The summed E-state index contributed by atoms with van der Waals surface area (Å²) in [7, 11) is -4.05. The molecule has 42 heavy (non-hydrogen) atoms. The summed E-state index contributed by atoms with van der Waals surface area (Å²) in [4.78, 5) is 20.1. The van der Waals surface area contributed by atoms with Gasteiger partial charge in [-0.1, -0.05) is 42.1 Å². The highest BCUT2D eigenvalue weighted by atomic mass is 32.2. The molecule has 1 aliphatic rings. The zero-order valence-electron chi connectivity index (χ0n) is 23.3. The Morgan fingerprint density at radius 3 is 2.71 bits per heavy atom. The number of thioether (sulfide) groups is 1. The van der Waals surface area contributed by atoms with Gasteiger partial charge in [0, 0.05) is 18.5 Å². The highest BCUT2D eigenvalue weighted by Crippen LogP contribution is 2.47. The molecule has 1 unspecified atom stereocenters. The van der Waals surface area contributed by atoms with Gasteiger partial charge in [0.1, 0.15) is 30.0 Å². The van der Waals surface area contributed by atoms with Gasteiger partial charge in [-0.2, -0.15) is 0 Å². The van der Waals surface area contributed by atoms with E-state index in [4.69, 9.17) is 19.5 Å². The van der Waals surface area contributed by atoms with E-state index in [1.807, 2.05) is 30.3 Å². The van der Waals surface area contributed by atoms with Crippen LogP contribution in [0.25, 0.3) is 11.0 Å². The number of benzene rings is 1. The summed E-state index contributed by atoms with van der Waals surface area (Å²) >= 11 is 0.930. The maximum Gasteiger partial charge on any atom is 0.405 e. The number of aliphatic hydroxyl groups is 3. The lowest BCUT2D eigenvalue weighted by Gasteiger charge is -2.27. The quantitative estimate of drug-likeness (QED) is 0.137.